The summed E-state index contributed by atoms with van der Waals surface area (Å²) in [6, 6.07) is 11.9. The van der Waals surface area contributed by atoms with Gasteiger partial charge in [-0.2, -0.15) is 0 Å². The number of benzene rings is 2. The molecule has 2 rings (SSSR count). The Kier molecular flexibility index (Phi) is 8.22. The molecule has 0 amide bonds. The van der Waals surface area contributed by atoms with E-state index in [1.54, 1.807) is 39.8 Å². The van der Waals surface area contributed by atoms with Crippen molar-refractivity contribution < 1.29 is 18.5 Å². The van der Waals surface area contributed by atoms with Crippen LogP contribution >= 0.6 is 30.2 Å². The number of nitrogens with zero attached hydrogens (tertiary/aromatic N) is 1. The lowest BCUT2D eigenvalue weighted by atomic mass is 10.1. The van der Waals surface area contributed by atoms with Gasteiger partial charge in [0.15, 0.2) is 5.78 Å². The largest absolute Gasteiger partial charge is 0.368 e. The standard InChI is InChI=1S/C20H26IN2O5P/c1-13(2)27-29(26,28-14(3)4)20(16-7-6-8-18(12-16)23(24)25)22-19-10-9-17(21)11-15(19)5/h6-14,20,22H,1-5H3. The van der Waals surface area contributed by atoms with Crippen LogP contribution in [0.25, 0.3) is 0 Å². The van der Waals surface area contributed by atoms with Crippen molar-refractivity contribution in [1.29, 1.82) is 0 Å². The van der Waals surface area contributed by atoms with Gasteiger partial charge in [-0.15, -0.1) is 0 Å². The zero-order valence-electron chi connectivity index (χ0n) is 17.1. The highest BCUT2D eigenvalue weighted by molar-refractivity contribution is 14.1. The van der Waals surface area contributed by atoms with Gasteiger partial charge in [-0.3, -0.25) is 14.7 Å². The van der Waals surface area contributed by atoms with Crippen molar-refractivity contribution in [3.05, 3.63) is 67.3 Å². The second-order valence-corrected chi connectivity index (χ2v) is 10.5. The Morgan fingerprint density at radius 1 is 1.07 bits per heavy atom. The highest BCUT2D eigenvalue weighted by Crippen LogP contribution is 2.62. The molecule has 0 saturated carbocycles. The average Bonchev–Trinajstić information content (AvgIpc) is 2.59. The van der Waals surface area contributed by atoms with E-state index in [0.29, 0.717) is 5.56 Å². The molecule has 1 unspecified atom stereocenters. The van der Waals surface area contributed by atoms with Crippen molar-refractivity contribution in [2.45, 2.75) is 52.6 Å². The molecule has 1 N–H and O–H groups in total. The van der Waals surface area contributed by atoms with E-state index >= 15 is 0 Å². The van der Waals surface area contributed by atoms with Crippen LogP contribution in [-0.2, 0) is 13.6 Å². The molecule has 0 radical (unpaired) electrons. The smallest absolute Gasteiger partial charge is 0.357 e. The van der Waals surface area contributed by atoms with Crippen molar-refractivity contribution in [3.63, 3.8) is 0 Å². The molecule has 0 aliphatic rings. The van der Waals surface area contributed by atoms with E-state index in [-0.39, 0.29) is 17.9 Å². The van der Waals surface area contributed by atoms with E-state index in [9.17, 15) is 14.7 Å². The summed E-state index contributed by atoms with van der Waals surface area (Å²) >= 11 is 2.22. The predicted octanol–water partition coefficient (Wildman–Crippen LogP) is 6.66. The maximum atomic E-state index is 13.9. The molecule has 2 aromatic carbocycles. The van der Waals surface area contributed by atoms with Crippen LogP contribution in [-0.4, -0.2) is 17.1 Å². The van der Waals surface area contributed by atoms with Crippen molar-refractivity contribution in [3.8, 4) is 0 Å². The Morgan fingerprint density at radius 3 is 2.21 bits per heavy atom. The van der Waals surface area contributed by atoms with E-state index in [4.69, 9.17) is 9.05 Å². The van der Waals surface area contributed by atoms with Crippen LogP contribution in [0.1, 0.15) is 44.6 Å². The molecule has 0 aromatic heterocycles. The number of anilines is 1. The predicted molar refractivity (Wildman–Crippen MR) is 123 cm³/mol. The lowest BCUT2D eigenvalue weighted by molar-refractivity contribution is -0.384. The number of nitrogens with one attached hydrogen (secondary N) is 1. The van der Waals surface area contributed by atoms with Gasteiger partial charge in [0.2, 0.25) is 0 Å². The fourth-order valence-corrected chi connectivity index (χ4v) is 5.76. The van der Waals surface area contributed by atoms with Crippen LogP contribution in [0.4, 0.5) is 11.4 Å². The van der Waals surface area contributed by atoms with E-state index < -0.39 is 18.3 Å². The summed E-state index contributed by atoms with van der Waals surface area (Å²) in [6.07, 6.45) is -0.721. The van der Waals surface area contributed by atoms with E-state index in [1.807, 2.05) is 25.1 Å². The van der Waals surface area contributed by atoms with Gasteiger partial charge in [-0.05, 0) is 86.5 Å². The minimum atomic E-state index is -3.75. The molecule has 0 heterocycles. The first kappa shape index (κ1) is 23.8. The van der Waals surface area contributed by atoms with Gasteiger partial charge < -0.3 is 14.4 Å². The number of nitro groups is 1. The third-order valence-corrected chi connectivity index (χ3v) is 7.07. The van der Waals surface area contributed by atoms with Crippen LogP contribution in [0, 0.1) is 20.6 Å². The molecule has 1 atom stereocenters. The van der Waals surface area contributed by atoms with Gasteiger partial charge in [0, 0.05) is 21.4 Å². The van der Waals surface area contributed by atoms with Gasteiger partial charge in [0.25, 0.3) is 5.69 Å². The van der Waals surface area contributed by atoms with E-state index in [1.165, 1.54) is 12.1 Å². The zero-order chi connectivity index (χ0) is 21.8. The number of hydrogen-bond donors (Lipinski definition) is 1. The second kappa shape index (κ2) is 10.0. The highest BCUT2D eigenvalue weighted by atomic mass is 127. The van der Waals surface area contributed by atoms with Crippen LogP contribution < -0.4 is 5.32 Å². The van der Waals surface area contributed by atoms with Gasteiger partial charge in [0.05, 0.1) is 17.1 Å². The van der Waals surface area contributed by atoms with Crippen molar-refractivity contribution in [2.75, 3.05) is 5.32 Å². The first-order valence-corrected chi connectivity index (χ1v) is 11.9. The first-order valence-electron chi connectivity index (χ1n) is 9.25. The molecule has 0 bridgehead atoms. The minimum Gasteiger partial charge on any atom is -0.368 e. The molecular formula is C20H26IN2O5P. The molecule has 0 aliphatic heterocycles. The summed E-state index contributed by atoms with van der Waals surface area (Å²) in [7, 11) is -3.75. The molecule has 9 heteroatoms. The van der Waals surface area contributed by atoms with Gasteiger partial charge >= 0.3 is 7.60 Å². The molecule has 0 saturated heterocycles. The van der Waals surface area contributed by atoms with Crippen LogP contribution in [0.5, 0.6) is 0 Å². The third kappa shape index (κ3) is 6.50. The summed E-state index contributed by atoms with van der Waals surface area (Å²) in [5.41, 5.74) is 2.07. The van der Waals surface area contributed by atoms with E-state index in [2.05, 4.69) is 27.9 Å². The summed E-state index contributed by atoms with van der Waals surface area (Å²) in [5.74, 6) is -0.911. The van der Waals surface area contributed by atoms with Crippen molar-refractivity contribution in [1.82, 2.24) is 0 Å². The normalized spacial score (nSPS) is 13.0. The summed E-state index contributed by atoms with van der Waals surface area (Å²) in [5, 5.41) is 14.6. The Morgan fingerprint density at radius 2 is 1.69 bits per heavy atom. The maximum Gasteiger partial charge on any atom is 0.357 e. The van der Waals surface area contributed by atoms with Crippen molar-refractivity contribution >= 4 is 41.6 Å². The van der Waals surface area contributed by atoms with Crippen LogP contribution in [0.15, 0.2) is 42.5 Å². The molecule has 0 aliphatic carbocycles. The Hall–Kier alpha value is -1.48. The summed E-state index contributed by atoms with van der Waals surface area (Å²) in [4.78, 5) is 10.8. The van der Waals surface area contributed by atoms with Gasteiger partial charge in [-0.25, -0.2) is 0 Å². The quantitative estimate of drug-likeness (QED) is 0.168. The number of rotatable bonds is 9. The molecule has 7 nitrogen and oxygen atoms in total. The highest BCUT2D eigenvalue weighted by Gasteiger charge is 2.40. The topological polar surface area (TPSA) is 90.7 Å². The monoisotopic (exact) mass is 532 g/mol. The third-order valence-electron chi connectivity index (χ3n) is 3.91. The van der Waals surface area contributed by atoms with Crippen molar-refractivity contribution in [2.24, 2.45) is 0 Å². The average molecular weight is 532 g/mol. The Balaban J connectivity index is 2.61. The second-order valence-electron chi connectivity index (χ2n) is 7.21. The fourth-order valence-electron chi connectivity index (χ4n) is 2.82. The molecule has 158 valence electrons. The Labute approximate surface area is 185 Å². The molecule has 0 spiro atoms. The number of non-ortho nitro benzene ring substituents is 1. The van der Waals surface area contributed by atoms with Gasteiger partial charge in [-0.1, -0.05) is 12.1 Å². The number of hydrogen-bond acceptors (Lipinski definition) is 6. The lowest BCUT2D eigenvalue weighted by Gasteiger charge is -2.31. The molecular weight excluding hydrogens is 506 g/mol. The summed E-state index contributed by atoms with van der Waals surface area (Å²) in [6.45, 7) is 9.04. The number of nitro benzene ring substituents is 1. The van der Waals surface area contributed by atoms with Gasteiger partial charge in [0.1, 0.15) is 0 Å². The Bertz CT molecular complexity index is 905. The van der Waals surface area contributed by atoms with Crippen LogP contribution in [0.2, 0.25) is 0 Å². The molecule has 2 aromatic rings. The number of halogens is 1. The number of aryl methyl sites for hydroxylation is 1. The van der Waals surface area contributed by atoms with E-state index in [0.717, 1.165) is 14.8 Å². The zero-order valence-corrected chi connectivity index (χ0v) is 20.1. The maximum absolute atomic E-state index is 13.9. The lowest BCUT2D eigenvalue weighted by Crippen LogP contribution is -2.19. The van der Waals surface area contributed by atoms with Crippen LogP contribution in [0.3, 0.4) is 0 Å². The minimum absolute atomic E-state index is 0.0886. The molecule has 29 heavy (non-hydrogen) atoms. The molecule has 0 fully saturated rings. The fraction of sp³-hybridized carbons (Fsp3) is 0.400. The summed E-state index contributed by atoms with van der Waals surface area (Å²) < 4.78 is 26.6. The first-order chi connectivity index (χ1) is 13.5. The SMILES string of the molecule is Cc1cc(I)ccc1NC(c1cccc([N+](=O)[O-])c1)P(=O)(OC(C)C)OC(C)C.